The topological polar surface area (TPSA) is 49.7 Å². The Morgan fingerprint density at radius 2 is 1.77 bits per heavy atom. The zero-order valence-electron chi connectivity index (χ0n) is 8.82. The van der Waals surface area contributed by atoms with Gasteiger partial charge in [-0.3, -0.25) is 0 Å². The maximum atomic E-state index is 9.76. The third-order valence-electron chi connectivity index (χ3n) is 3.39. The van der Waals surface area contributed by atoms with Crippen molar-refractivity contribution in [3.8, 4) is 0 Å². The van der Waals surface area contributed by atoms with Gasteiger partial charge in [-0.25, -0.2) is 0 Å². The molecule has 0 aromatic rings. The summed E-state index contributed by atoms with van der Waals surface area (Å²) in [5.74, 6) is 0.192. The molecule has 4 unspecified atom stereocenters. The lowest BCUT2D eigenvalue weighted by atomic mass is 9.87. The normalized spacial score (nSPS) is 41.1. The first-order valence-corrected chi connectivity index (χ1v) is 4.81. The van der Waals surface area contributed by atoms with E-state index in [1.807, 2.05) is 20.8 Å². The van der Waals surface area contributed by atoms with Crippen LogP contribution < -0.4 is 0 Å². The van der Waals surface area contributed by atoms with Gasteiger partial charge in [-0.05, 0) is 26.2 Å². The Morgan fingerprint density at radius 3 is 2.08 bits per heavy atom. The van der Waals surface area contributed by atoms with Gasteiger partial charge in [0.1, 0.15) is 0 Å². The first-order chi connectivity index (χ1) is 5.90. The van der Waals surface area contributed by atoms with E-state index < -0.39 is 12.2 Å². The second kappa shape index (κ2) is 3.56. The van der Waals surface area contributed by atoms with Crippen molar-refractivity contribution < 1.29 is 14.9 Å². The molecular formula is C10H20O3. The lowest BCUT2D eigenvalue weighted by Gasteiger charge is -2.32. The molecule has 0 aromatic heterocycles. The second-order valence-corrected chi connectivity index (χ2v) is 4.61. The predicted octanol–water partition coefficient (Wildman–Crippen LogP) is 0.789. The van der Waals surface area contributed by atoms with Crippen molar-refractivity contribution >= 4 is 0 Å². The number of hydrogen-bond donors (Lipinski definition) is 2. The van der Waals surface area contributed by atoms with Crippen molar-refractivity contribution in [2.24, 2.45) is 11.8 Å². The summed E-state index contributed by atoms with van der Waals surface area (Å²) in [6.45, 7) is 5.86. The van der Waals surface area contributed by atoms with Crippen molar-refractivity contribution in [3.05, 3.63) is 0 Å². The van der Waals surface area contributed by atoms with E-state index in [9.17, 15) is 10.2 Å². The van der Waals surface area contributed by atoms with Gasteiger partial charge in [0.15, 0.2) is 0 Å². The van der Waals surface area contributed by atoms with E-state index in [0.29, 0.717) is 0 Å². The zero-order valence-corrected chi connectivity index (χ0v) is 8.82. The highest BCUT2D eigenvalue weighted by Crippen LogP contribution is 2.39. The third kappa shape index (κ3) is 1.87. The van der Waals surface area contributed by atoms with Crippen LogP contribution in [0.25, 0.3) is 0 Å². The Kier molecular flexibility index (Phi) is 3.00. The van der Waals surface area contributed by atoms with Crippen LogP contribution in [0.1, 0.15) is 27.2 Å². The molecule has 4 atom stereocenters. The number of aliphatic hydroxyl groups is 2. The van der Waals surface area contributed by atoms with Gasteiger partial charge in [0.25, 0.3) is 0 Å². The summed E-state index contributed by atoms with van der Waals surface area (Å²) < 4.78 is 5.32. The summed E-state index contributed by atoms with van der Waals surface area (Å²) in [6, 6.07) is 0. The second-order valence-electron chi connectivity index (χ2n) is 4.61. The quantitative estimate of drug-likeness (QED) is 0.673. The standard InChI is InChI=1S/C10H20O3/c1-6-5-7(9(12)8(6)11)10(2,3)13-4/h6-9,11-12H,5H2,1-4H3. The summed E-state index contributed by atoms with van der Waals surface area (Å²) >= 11 is 0. The first-order valence-electron chi connectivity index (χ1n) is 4.81. The number of rotatable bonds is 2. The minimum Gasteiger partial charge on any atom is -0.390 e. The van der Waals surface area contributed by atoms with Crippen LogP contribution in [0.3, 0.4) is 0 Å². The molecule has 0 spiro atoms. The molecule has 0 bridgehead atoms. The average Bonchev–Trinajstić information content (AvgIpc) is 2.33. The van der Waals surface area contributed by atoms with Gasteiger partial charge in [0, 0.05) is 13.0 Å². The summed E-state index contributed by atoms with van der Waals surface area (Å²) in [7, 11) is 1.64. The third-order valence-corrected chi connectivity index (χ3v) is 3.39. The van der Waals surface area contributed by atoms with Crippen LogP contribution in [0.15, 0.2) is 0 Å². The van der Waals surface area contributed by atoms with Gasteiger partial charge in [-0.2, -0.15) is 0 Å². The van der Waals surface area contributed by atoms with E-state index in [2.05, 4.69) is 0 Å². The Labute approximate surface area is 79.7 Å². The van der Waals surface area contributed by atoms with Gasteiger partial charge in [-0.1, -0.05) is 6.92 Å². The van der Waals surface area contributed by atoms with E-state index in [1.165, 1.54) is 0 Å². The number of aliphatic hydroxyl groups excluding tert-OH is 2. The molecule has 1 aliphatic carbocycles. The molecule has 2 N–H and O–H groups in total. The molecule has 0 heterocycles. The Morgan fingerprint density at radius 1 is 1.23 bits per heavy atom. The fourth-order valence-electron chi connectivity index (χ4n) is 2.10. The van der Waals surface area contributed by atoms with Crippen LogP contribution >= 0.6 is 0 Å². The van der Waals surface area contributed by atoms with Crippen LogP contribution in [-0.2, 0) is 4.74 Å². The number of ether oxygens (including phenoxy) is 1. The molecule has 1 saturated carbocycles. The van der Waals surface area contributed by atoms with E-state index in [-0.39, 0.29) is 17.4 Å². The maximum absolute atomic E-state index is 9.76. The van der Waals surface area contributed by atoms with Crippen molar-refractivity contribution in [1.82, 2.24) is 0 Å². The van der Waals surface area contributed by atoms with E-state index >= 15 is 0 Å². The monoisotopic (exact) mass is 188 g/mol. The summed E-state index contributed by atoms with van der Waals surface area (Å²) in [6.07, 6.45) is -0.423. The summed E-state index contributed by atoms with van der Waals surface area (Å²) in [5, 5.41) is 19.4. The molecule has 3 nitrogen and oxygen atoms in total. The first kappa shape index (κ1) is 11.0. The van der Waals surface area contributed by atoms with Gasteiger partial charge in [0.05, 0.1) is 17.8 Å². The van der Waals surface area contributed by atoms with Crippen molar-refractivity contribution in [2.45, 2.75) is 45.0 Å². The molecule has 1 fully saturated rings. The van der Waals surface area contributed by atoms with Crippen LogP contribution in [0, 0.1) is 11.8 Å². The lowest BCUT2D eigenvalue weighted by Crippen LogP contribution is -2.40. The molecule has 1 rings (SSSR count). The molecule has 0 aliphatic heterocycles. The highest BCUT2D eigenvalue weighted by molar-refractivity contribution is 4.96. The molecule has 0 amide bonds. The largest absolute Gasteiger partial charge is 0.390 e. The molecule has 0 saturated heterocycles. The Bertz CT molecular complexity index is 179. The van der Waals surface area contributed by atoms with Crippen molar-refractivity contribution in [3.63, 3.8) is 0 Å². The molecule has 3 heteroatoms. The van der Waals surface area contributed by atoms with E-state index in [4.69, 9.17) is 4.74 Å². The van der Waals surface area contributed by atoms with Gasteiger partial charge in [-0.15, -0.1) is 0 Å². The lowest BCUT2D eigenvalue weighted by molar-refractivity contribution is -0.0826. The zero-order chi connectivity index (χ0) is 10.2. The highest BCUT2D eigenvalue weighted by atomic mass is 16.5. The fourth-order valence-corrected chi connectivity index (χ4v) is 2.10. The summed E-state index contributed by atoms with van der Waals surface area (Å²) in [4.78, 5) is 0. The molecule has 0 radical (unpaired) electrons. The molecule has 78 valence electrons. The number of methoxy groups -OCH3 is 1. The highest BCUT2D eigenvalue weighted by Gasteiger charge is 2.46. The Balaban J connectivity index is 2.73. The van der Waals surface area contributed by atoms with Crippen molar-refractivity contribution in [2.75, 3.05) is 7.11 Å². The molecule has 1 aliphatic rings. The van der Waals surface area contributed by atoms with Gasteiger partial charge in [0.2, 0.25) is 0 Å². The van der Waals surface area contributed by atoms with E-state index in [0.717, 1.165) is 6.42 Å². The number of hydrogen-bond acceptors (Lipinski definition) is 3. The van der Waals surface area contributed by atoms with Crippen LogP contribution in [0.5, 0.6) is 0 Å². The van der Waals surface area contributed by atoms with Gasteiger partial charge >= 0.3 is 0 Å². The minimum absolute atomic E-state index is 0.0301. The van der Waals surface area contributed by atoms with Crippen LogP contribution in [0.2, 0.25) is 0 Å². The molecule has 13 heavy (non-hydrogen) atoms. The smallest absolute Gasteiger partial charge is 0.0857 e. The maximum Gasteiger partial charge on any atom is 0.0857 e. The predicted molar refractivity (Wildman–Crippen MR) is 50.4 cm³/mol. The van der Waals surface area contributed by atoms with Crippen LogP contribution in [0.4, 0.5) is 0 Å². The minimum atomic E-state index is -0.648. The van der Waals surface area contributed by atoms with Crippen LogP contribution in [-0.4, -0.2) is 35.1 Å². The van der Waals surface area contributed by atoms with Crippen molar-refractivity contribution in [1.29, 1.82) is 0 Å². The fraction of sp³-hybridized carbons (Fsp3) is 1.00. The molecular weight excluding hydrogens is 168 g/mol. The van der Waals surface area contributed by atoms with E-state index in [1.54, 1.807) is 7.11 Å². The molecule has 0 aromatic carbocycles. The Hall–Kier alpha value is -0.120. The SMILES string of the molecule is COC(C)(C)C1CC(C)C(O)C1O. The van der Waals surface area contributed by atoms with Gasteiger partial charge < -0.3 is 14.9 Å². The average molecular weight is 188 g/mol. The summed E-state index contributed by atoms with van der Waals surface area (Å²) in [5.41, 5.74) is -0.356.